The van der Waals surface area contributed by atoms with E-state index in [0.717, 1.165) is 57.0 Å². The van der Waals surface area contributed by atoms with Gasteiger partial charge in [-0.2, -0.15) is 0 Å². The number of para-hydroxylation sites is 1. The molecule has 0 aromatic heterocycles. The van der Waals surface area contributed by atoms with E-state index in [-0.39, 0.29) is 0 Å². The van der Waals surface area contributed by atoms with Crippen molar-refractivity contribution in [2.24, 2.45) is 0 Å². The van der Waals surface area contributed by atoms with Gasteiger partial charge in [-0.3, -0.25) is 4.90 Å². The number of aliphatic hydroxyl groups excluding tert-OH is 1. The van der Waals surface area contributed by atoms with E-state index in [0.29, 0.717) is 6.61 Å². The Morgan fingerprint density at radius 1 is 1.30 bits per heavy atom. The Labute approximate surface area is 121 Å². The second-order valence-corrected chi connectivity index (χ2v) is 5.14. The smallest absolute Gasteiger partial charge is 0.125 e. The average molecular weight is 279 g/mol. The first-order chi connectivity index (χ1) is 9.81. The Morgan fingerprint density at radius 2 is 2.05 bits per heavy atom. The van der Waals surface area contributed by atoms with Crippen LogP contribution in [-0.4, -0.2) is 49.5 Å². The normalized spacial score (nSPS) is 17.9. The standard InChI is InChI=1S/C16H25NO3/c1-2-11-20-16-6-4-3-5-14(16)15(18)7-8-17-9-12-19-13-10-17/h3-6,15,18H,2,7-13H2,1H3. The molecule has 0 aliphatic carbocycles. The largest absolute Gasteiger partial charge is 0.493 e. The first kappa shape index (κ1) is 15.3. The van der Waals surface area contributed by atoms with Crippen LogP contribution in [0.15, 0.2) is 24.3 Å². The van der Waals surface area contributed by atoms with E-state index in [2.05, 4.69) is 11.8 Å². The van der Waals surface area contributed by atoms with E-state index in [1.807, 2.05) is 24.3 Å². The van der Waals surface area contributed by atoms with E-state index < -0.39 is 6.10 Å². The molecule has 4 nitrogen and oxygen atoms in total. The first-order valence-electron chi connectivity index (χ1n) is 7.51. The van der Waals surface area contributed by atoms with Gasteiger partial charge in [0, 0.05) is 25.2 Å². The van der Waals surface area contributed by atoms with E-state index in [1.165, 1.54) is 0 Å². The molecule has 20 heavy (non-hydrogen) atoms. The number of ether oxygens (including phenoxy) is 2. The predicted molar refractivity (Wildman–Crippen MR) is 79.1 cm³/mol. The van der Waals surface area contributed by atoms with Gasteiger partial charge in [0.2, 0.25) is 0 Å². The average Bonchev–Trinajstić information content (AvgIpc) is 2.52. The summed E-state index contributed by atoms with van der Waals surface area (Å²) >= 11 is 0. The Morgan fingerprint density at radius 3 is 2.80 bits per heavy atom. The van der Waals surface area contributed by atoms with Crippen LogP contribution in [0.1, 0.15) is 31.4 Å². The van der Waals surface area contributed by atoms with E-state index in [1.54, 1.807) is 0 Å². The second-order valence-electron chi connectivity index (χ2n) is 5.14. The van der Waals surface area contributed by atoms with Crippen molar-refractivity contribution in [3.63, 3.8) is 0 Å². The molecule has 1 atom stereocenters. The van der Waals surface area contributed by atoms with Gasteiger partial charge in [-0.1, -0.05) is 25.1 Å². The van der Waals surface area contributed by atoms with Crippen LogP contribution in [0.2, 0.25) is 0 Å². The number of hydrogen-bond donors (Lipinski definition) is 1. The summed E-state index contributed by atoms with van der Waals surface area (Å²) in [5.74, 6) is 0.809. The first-order valence-corrected chi connectivity index (χ1v) is 7.51. The van der Waals surface area contributed by atoms with Crippen molar-refractivity contribution in [2.75, 3.05) is 39.5 Å². The molecule has 1 aliphatic heterocycles. The Bertz CT molecular complexity index is 391. The molecule has 1 unspecified atom stereocenters. The highest BCUT2D eigenvalue weighted by Crippen LogP contribution is 2.27. The quantitative estimate of drug-likeness (QED) is 0.831. The summed E-state index contributed by atoms with van der Waals surface area (Å²) in [6.45, 7) is 7.18. The lowest BCUT2D eigenvalue weighted by Crippen LogP contribution is -2.37. The zero-order valence-electron chi connectivity index (χ0n) is 12.3. The van der Waals surface area contributed by atoms with Crippen LogP contribution in [0.5, 0.6) is 5.75 Å². The van der Waals surface area contributed by atoms with Gasteiger partial charge in [0.05, 0.1) is 25.9 Å². The van der Waals surface area contributed by atoms with Crippen molar-refractivity contribution in [3.8, 4) is 5.75 Å². The molecule has 4 heteroatoms. The SMILES string of the molecule is CCCOc1ccccc1C(O)CCN1CCOCC1. The maximum Gasteiger partial charge on any atom is 0.125 e. The number of aliphatic hydroxyl groups is 1. The van der Waals surface area contributed by atoms with E-state index >= 15 is 0 Å². The van der Waals surface area contributed by atoms with Crippen LogP contribution < -0.4 is 4.74 Å². The zero-order valence-corrected chi connectivity index (χ0v) is 12.3. The maximum absolute atomic E-state index is 10.4. The summed E-state index contributed by atoms with van der Waals surface area (Å²) in [5.41, 5.74) is 0.897. The van der Waals surface area contributed by atoms with Gasteiger partial charge >= 0.3 is 0 Å². The van der Waals surface area contributed by atoms with Crippen molar-refractivity contribution in [1.29, 1.82) is 0 Å². The fourth-order valence-corrected chi connectivity index (χ4v) is 2.38. The van der Waals surface area contributed by atoms with E-state index in [9.17, 15) is 5.11 Å². The molecular weight excluding hydrogens is 254 g/mol. The lowest BCUT2D eigenvalue weighted by Gasteiger charge is -2.27. The molecule has 0 amide bonds. The molecule has 1 aromatic rings. The third-order valence-electron chi connectivity index (χ3n) is 3.56. The highest BCUT2D eigenvalue weighted by molar-refractivity contribution is 5.35. The topological polar surface area (TPSA) is 41.9 Å². The molecule has 0 bridgehead atoms. The Hall–Kier alpha value is -1.10. The highest BCUT2D eigenvalue weighted by Gasteiger charge is 2.16. The van der Waals surface area contributed by atoms with Gasteiger partial charge in [0.15, 0.2) is 0 Å². The molecule has 0 spiro atoms. The van der Waals surface area contributed by atoms with Crippen molar-refractivity contribution in [2.45, 2.75) is 25.9 Å². The summed E-state index contributed by atoms with van der Waals surface area (Å²) in [4.78, 5) is 2.34. The molecule has 1 aromatic carbocycles. The third-order valence-corrected chi connectivity index (χ3v) is 3.56. The van der Waals surface area contributed by atoms with Crippen LogP contribution in [0.25, 0.3) is 0 Å². The van der Waals surface area contributed by atoms with E-state index in [4.69, 9.17) is 9.47 Å². The number of rotatable bonds is 7. The summed E-state index contributed by atoms with van der Waals surface area (Å²) in [5, 5.41) is 10.4. The highest BCUT2D eigenvalue weighted by atomic mass is 16.5. The molecule has 2 rings (SSSR count). The molecule has 0 radical (unpaired) electrons. The van der Waals surface area contributed by atoms with Gasteiger partial charge in [0.25, 0.3) is 0 Å². The summed E-state index contributed by atoms with van der Waals surface area (Å²) in [7, 11) is 0. The summed E-state index contributed by atoms with van der Waals surface area (Å²) in [6.07, 6.45) is 1.23. The van der Waals surface area contributed by atoms with Crippen molar-refractivity contribution in [3.05, 3.63) is 29.8 Å². The minimum Gasteiger partial charge on any atom is -0.493 e. The minimum atomic E-state index is -0.467. The van der Waals surface area contributed by atoms with Crippen molar-refractivity contribution < 1.29 is 14.6 Å². The van der Waals surface area contributed by atoms with Crippen LogP contribution in [0.3, 0.4) is 0 Å². The fourth-order valence-electron chi connectivity index (χ4n) is 2.38. The van der Waals surface area contributed by atoms with Gasteiger partial charge < -0.3 is 14.6 Å². The summed E-state index contributed by atoms with van der Waals surface area (Å²) < 4.78 is 11.0. The molecule has 1 N–H and O–H groups in total. The molecular formula is C16H25NO3. The van der Waals surface area contributed by atoms with Gasteiger partial charge in [-0.15, -0.1) is 0 Å². The van der Waals surface area contributed by atoms with Crippen LogP contribution in [0, 0.1) is 0 Å². The molecule has 1 saturated heterocycles. The summed E-state index contributed by atoms with van der Waals surface area (Å²) in [6, 6.07) is 7.78. The number of hydrogen-bond acceptors (Lipinski definition) is 4. The second kappa shape index (κ2) is 8.25. The molecule has 112 valence electrons. The van der Waals surface area contributed by atoms with Gasteiger partial charge in [0.1, 0.15) is 5.75 Å². The number of morpholine rings is 1. The number of benzene rings is 1. The zero-order chi connectivity index (χ0) is 14.2. The molecule has 0 saturated carbocycles. The van der Waals surface area contributed by atoms with Crippen molar-refractivity contribution in [1.82, 2.24) is 4.90 Å². The third kappa shape index (κ3) is 4.47. The minimum absolute atomic E-state index is 0.467. The van der Waals surface area contributed by atoms with Crippen LogP contribution in [0.4, 0.5) is 0 Å². The lowest BCUT2D eigenvalue weighted by molar-refractivity contribution is 0.0298. The van der Waals surface area contributed by atoms with Crippen LogP contribution in [-0.2, 0) is 4.74 Å². The maximum atomic E-state index is 10.4. The number of nitrogens with zero attached hydrogens (tertiary/aromatic N) is 1. The molecule has 1 aliphatic rings. The lowest BCUT2D eigenvalue weighted by atomic mass is 10.1. The predicted octanol–water partition coefficient (Wildman–Crippen LogP) is 2.23. The van der Waals surface area contributed by atoms with Crippen LogP contribution >= 0.6 is 0 Å². The van der Waals surface area contributed by atoms with Gasteiger partial charge in [-0.05, 0) is 18.9 Å². The monoisotopic (exact) mass is 279 g/mol. The van der Waals surface area contributed by atoms with Crippen molar-refractivity contribution >= 4 is 0 Å². The Balaban J connectivity index is 1.88. The Kier molecular flexibility index (Phi) is 6.30. The molecule has 1 fully saturated rings. The van der Waals surface area contributed by atoms with Gasteiger partial charge in [-0.25, -0.2) is 0 Å². The molecule has 1 heterocycles. The fraction of sp³-hybridized carbons (Fsp3) is 0.625.